The minimum atomic E-state index is -0.483. The van der Waals surface area contributed by atoms with Gasteiger partial charge in [0.15, 0.2) is 0 Å². The minimum absolute atomic E-state index is 0.0220. The molecule has 0 spiro atoms. The van der Waals surface area contributed by atoms with Crippen LogP contribution in [0.3, 0.4) is 0 Å². The Kier molecular flexibility index (Phi) is 5.68. The summed E-state index contributed by atoms with van der Waals surface area (Å²) in [6.07, 6.45) is 0.735. The highest BCUT2D eigenvalue weighted by atomic mass is 19.1. The van der Waals surface area contributed by atoms with Gasteiger partial charge in [0.25, 0.3) is 0 Å². The largest absolute Gasteiger partial charge is 0.394 e. The molecular formula is C27H25FN4O2. The van der Waals surface area contributed by atoms with Gasteiger partial charge >= 0.3 is 6.03 Å². The smallest absolute Gasteiger partial charge is 0.322 e. The number of urea groups is 1. The van der Waals surface area contributed by atoms with E-state index in [9.17, 15) is 19.6 Å². The highest BCUT2D eigenvalue weighted by molar-refractivity contribution is 5.90. The molecule has 5 rings (SSSR count). The summed E-state index contributed by atoms with van der Waals surface area (Å²) in [5.41, 5.74) is 4.53. The molecule has 0 aliphatic carbocycles. The second kappa shape index (κ2) is 8.81. The molecule has 3 atom stereocenters. The zero-order chi connectivity index (χ0) is 23.8. The molecule has 0 bridgehead atoms. The Morgan fingerprint density at radius 2 is 1.94 bits per heavy atom. The lowest BCUT2D eigenvalue weighted by Gasteiger charge is -2.44. The third-order valence-electron chi connectivity index (χ3n) is 7.05. The Morgan fingerprint density at radius 1 is 1.15 bits per heavy atom. The molecule has 0 unspecified atom stereocenters. The van der Waals surface area contributed by atoms with Crippen molar-refractivity contribution in [1.82, 2.24) is 4.90 Å². The van der Waals surface area contributed by atoms with Crippen molar-refractivity contribution in [2.24, 2.45) is 5.92 Å². The summed E-state index contributed by atoms with van der Waals surface area (Å²) in [4.78, 5) is 17.1. The summed E-state index contributed by atoms with van der Waals surface area (Å²) in [6, 6.07) is 21.1. The molecule has 0 saturated carbocycles. The predicted octanol–water partition coefficient (Wildman–Crippen LogP) is 4.77. The van der Waals surface area contributed by atoms with Crippen molar-refractivity contribution >= 4 is 17.4 Å². The Balaban J connectivity index is 1.55. The first-order valence-corrected chi connectivity index (χ1v) is 11.3. The molecule has 0 radical (unpaired) electrons. The maximum absolute atomic E-state index is 14.2. The van der Waals surface area contributed by atoms with Crippen molar-refractivity contribution in [2.45, 2.75) is 18.5 Å². The van der Waals surface area contributed by atoms with Crippen LogP contribution in [0.1, 0.15) is 23.6 Å². The molecule has 1 fully saturated rings. The average molecular weight is 457 g/mol. The van der Waals surface area contributed by atoms with Crippen molar-refractivity contribution in [3.8, 4) is 17.2 Å². The molecule has 2 aliphatic rings. The summed E-state index contributed by atoms with van der Waals surface area (Å²) in [6.45, 7) is 0.486. The van der Waals surface area contributed by atoms with E-state index in [0.717, 1.165) is 28.8 Å². The number of nitriles is 1. The zero-order valence-corrected chi connectivity index (χ0v) is 18.8. The Morgan fingerprint density at radius 3 is 2.71 bits per heavy atom. The molecule has 1 saturated heterocycles. The highest BCUT2D eigenvalue weighted by Gasteiger charge is 2.47. The summed E-state index contributed by atoms with van der Waals surface area (Å²) in [7, 11) is 1.97. The van der Waals surface area contributed by atoms with Crippen molar-refractivity contribution in [3.63, 3.8) is 0 Å². The number of carbonyl (C=O) groups excluding carboxylic acids is 1. The highest BCUT2D eigenvalue weighted by Crippen LogP contribution is 2.49. The average Bonchev–Trinajstić information content (AvgIpc) is 3.31. The van der Waals surface area contributed by atoms with Crippen LogP contribution in [0.25, 0.3) is 11.1 Å². The molecule has 7 heteroatoms. The van der Waals surface area contributed by atoms with Crippen LogP contribution in [0, 0.1) is 23.1 Å². The van der Waals surface area contributed by atoms with E-state index in [1.807, 2.05) is 37.4 Å². The molecule has 0 aromatic heterocycles. The summed E-state index contributed by atoms with van der Waals surface area (Å²) in [5, 5.41) is 22.2. The number of halogens is 1. The fraction of sp³-hybridized carbons (Fsp3) is 0.259. The number of nitrogens with one attached hydrogen (secondary N) is 1. The normalized spacial score (nSPS) is 20.9. The fourth-order valence-electron chi connectivity index (χ4n) is 5.38. The van der Waals surface area contributed by atoms with Gasteiger partial charge in [-0.3, -0.25) is 0 Å². The van der Waals surface area contributed by atoms with Crippen molar-refractivity contribution in [2.75, 3.05) is 30.4 Å². The molecule has 3 aromatic rings. The van der Waals surface area contributed by atoms with Crippen LogP contribution in [-0.2, 0) is 0 Å². The molecule has 3 aromatic carbocycles. The monoisotopic (exact) mass is 456 g/mol. The van der Waals surface area contributed by atoms with Crippen LogP contribution in [0.2, 0.25) is 0 Å². The van der Waals surface area contributed by atoms with E-state index >= 15 is 0 Å². The van der Waals surface area contributed by atoms with E-state index in [1.165, 1.54) is 6.07 Å². The number of aliphatic hydroxyl groups is 1. The number of aliphatic hydroxyl groups excluding tert-OH is 1. The summed E-state index contributed by atoms with van der Waals surface area (Å²) >= 11 is 0. The van der Waals surface area contributed by atoms with Gasteiger partial charge in [0.2, 0.25) is 0 Å². The molecule has 2 heterocycles. The molecular weight excluding hydrogens is 431 g/mol. The van der Waals surface area contributed by atoms with Gasteiger partial charge in [0.05, 0.1) is 36.0 Å². The number of rotatable bonds is 3. The first-order valence-electron chi connectivity index (χ1n) is 11.3. The van der Waals surface area contributed by atoms with Crippen LogP contribution < -0.4 is 10.2 Å². The molecule has 2 aliphatic heterocycles. The molecule has 6 nitrogen and oxygen atoms in total. The topological polar surface area (TPSA) is 79.6 Å². The number of hydrogen-bond donors (Lipinski definition) is 2. The van der Waals surface area contributed by atoms with Crippen LogP contribution in [0.5, 0.6) is 0 Å². The second-order valence-electron chi connectivity index (χ2n) is 8.83. The second-order valence-corrected chi connectivity index (χ2v) is 8.83. The van der Waals surface area contributed by atoms with Crippen LogP contribution in [-0.4, -0.2) is 42.3 Å². The van der Waals surface area contributed by atoms with Crippen molar-refractivity contribution < 1.29 is 14.3 Å². The van der Waals surface area contributed by atoms with Crippen LogP contribution in [0.15, 0.2) is 66.7 Å². The Labute approximate surface area is 197 Å². The number of para-hydroxylation sites is 1. The third-order valence-corrected chi connectivity index (χ3v) is 7.05. The van der Waals surface area contributed by atoms with Crippen LogP contribution >= 0.6 is 0 Å². The van der Waals surface area contributed by atoms with E-state index in [2.05, 4.69) is 22.4 Å². The third kappa shape index (κ3) is 3.66. The maximum Gasteiger partial charge on any atom is 0.322 e. The van der Waals surface area contributed by atoms with Gasteiger partial charge in [-0.15, -0.1) is 0 Å². The van der Waals surface area contributed by atoms with E-state index in [4.69, 9.17) is 0 Å². The first-order chi connectivity index (χ1) is 16.5. The molecule has 34 heavy (non-hydrogen) atoms. The number of benzene rings is 3. The van der Waals surface area contributed by atoms with Gasteiger partial charge in [0, 0.05) is 25.2 Å². The number of amides is 2. The van der Waals surface area contributed by atoms with Gasteiger partial charge in [-0.2, -0.15) is 5.26 Å². The summed E-state index contributed by atoms with van der Waals surface area (Å²) in [5.74, 6) is -0.446. The minimum Gasteiger partial charge on any atom is -0.394 e. The van der Waals surface area contributed by atoms with Crippen molar-refractivity contribution in [1.29, 1.82) is 5.26 Å². The Bertz CT molecular complexity index is 1290. The SMILES string of the molecule is CN1c2ccc(-c3cccc(C#N)c3)cc2[C@H]2[C@H](CCN2C(=O)Nc2ccccc2F)[C@@H]1CO. The van der Waals surface area contributed by atoms with Gasteiger partial charge in [-0.1, -0.05) is 30.3 Å². The van der Waals surface area contributed by atoms with E-state index in [0.29, 0.717) is 12.1 Å². The number of likely N-dealkylation sites (N-methyl/N-ethyl adjacent to an activating group) is 1. The number of anilines is 2. The van der Waals surface area contributed by atoms with Gasteiger partial charge in [0.1, 0.15) is 5.82 Å². The number of fused-ring (bicyclic) bond motifs is 3. The standard InChI is InChI=1S/C27H25FN4O2/c1-31-24-10-9-19(18-6-4-5-17(13-18)15-29)14-21(24)26-20(25(31)16-33)11-12-32(26)27(34)30-23-8-3-2-7-22(23)28/h2-10,13-14,20,25-26,33H,11-12,16H2,1H3,(H,30,34)/t20-,25+,26-/m1/s1. The summed E-state index contributed by atoms with van der Waals surface area (Å²) < 4.78 is 14.2. The lowest BCUT2D eigenvalue weighted by molar-refractivity contribution is 0.168. The fourth-order valence-corrected chi connectivity index (χ4v) is 5.38. The quantitative estimate of drug-likeness (QED) is 0.595. The zero-order valence-electron chi connectivity index (χ0n) is 18.8. The van der Waals surface area contributed by atoms with Gasteiger partial charge in [-0.05, 0) is 59.5 Å². The number of nitrogens with zero attached hydrogens (tertiary/aromatic N) is 3. The lowest BCUT2D eigenvalue weighted by Crippen LogP contribution is -2.48. The molecule has 2 amide bonds. The lowest BCUT2D eigenvalue weighted by atomic mass is 9.81. The number of carbonyl (C=O) groups is 1. The van der Waals surface area contributed by atoms with Crippen molar-refractivity contribution in [3.05, 3.63) is 83.7 Å². The van der Waals surface area contributed by atoms with E-state index in [-0.39, 0.29) is 36.3 Å². The first kappa shape index (κ1) is 21.9. The predicted molar refractivity (Wildman–Crippen MR) is 129 cm³/mol. The van der Waals surface area contributed by atoms with Gasteiger partial charge in [-0.25, -0.2) is 9.18 Å². The number of likely N-dealkylation sites (tertiary alicyclic amines) is 1. The van der Waals surface area contributed by atoms with Crippen LogP contribution in [0.4, 0.5) is 20.6 Å². The Hall–Kier alpha value is -3.89. The molecule has 172 valence electrons. The van der Waals surface area contributed by atoms with Gasteiger partial charge < -0.3 is 20.2 Å². The number of hydrogen-bond acceptors (Lipinski definition) is 4. The maximum atomic E-state index is 14.2. The molecule has 2 N–H and O–H groups in total. The van der Waals surface area contributed by atoms with E-state index < -0.39 is 5.82 Å². The van der Waals surface area contributed by atoms with E-state index in [1.54, 1.807) is 29.2 Å².